The van der Waals surface area contributed by atoms with Gasteiger partial charge in [-0.2, -0.15) is 0 Å². The van der Waals surface area contributed by atoms with Crippen molar-refractivity contribution in [3.63, 3.8) is 0 Å². The van der Waals surface area contributed by atoms with Crippen LogP contribution < -0.4 is 20.4 Å². The number of aryl methyl sites for hydroxylation is 1. The molecule has 0 spiro atoms. The summed E-state index contributed by atoms with van der Waals surface area (Å²) in [5.74, 6) is -2.28. The SMILES string of the molecule is CCn1c(-c2cc(N3CCN(C4CC4)CC3)cnc2[C@H](C)OC)c2c3cc(ccc31)-c1cc3cc(c1)OC[C@@H]1[C@H](CN1C(=O)OC(C)(C)C)C(=O)N(C)[C@@H](C(C)C)C(=O)N[C@@H](C3)C(=O)N1CCC[C@H](N1)C(=O)OCC(C)(C)C2. The van der Waals surface area contributed by atoms with E-state index in [9.17, 15) is 24.0 Å². The van der Waals surface area contributed by atoms with Crippen LogP contribution in [-0.4, -0.2) is 161 Å². The Hall–Kier alpha value is -6.24. The smallest absolute Gasteiger partial charge is 0.410 e. The number of carbonyl (C=O) groups excluding carboxylic acids is 5. The van der Waals surface area contributed by atoms with Gasteiger partial charge in [-0.3, -0.25) is 34.1 Å². The van der Waals surface area contributed by atoms with Crippen LogP contribution >= 0.6 is 0 Å². The number of anilines is 1. The number of pyridine rings is 1. The number of hydrazine groups is 1. The number of aromatic nitrogens is 2. The van der Waals surface area contributed by atoms with Crippen LogP contribution in [0.5, 0.6) is 5.75 Å². The second kappa shape index (κ2) is 21.8. The first-order valence-corrected chi connectivity index (χ1v) is 28.4. The Labute approximate surface area is 459 Å². The average molecular weight is 1070 g/mol. The van der Waals surface area contributed by atoms with Crippen LogP contribution in [0.4, 0.5) is 10.5 Å². The molecule has 18 nitrogen and oxygen atoms in total. The third kappa shape index (κ3) is 11.2. The second-order valence-corrected chi connectivity index (χ2v) is 24.7. The van der Waals surface area contributed by atoms with E-state index in [0.717, 1.165) is 76.4 Å². The highest BCUT2D eigenvalue weighted by molar-refractivity contribution is 5.97. The number of nitrogens with zero attached hydrogens (tertiary/aromatic N) is 7. The molecule has 8 bridgehead atoms. The lowest BCUT2D eigenvalue weighted by Gasteiger charge is -2.48. The molecule has 1 aliphatic carbocycles. The van der Waals surface area contributed by atoms with Crippen molar-refractivity contribution in [3.8, 4) is 28.1 Å². The number of methoxy groups -OCH3 is 1. The Morgan fingerprint density at radius 3 is 2.36 bits per heavy atom. The van der Waals surface area contributed by atoms with Crippen molar-refractivity contribution in [2.75, 3.05) is 71.5 Å². The molecule has 0 unspecified atom stereocenters. The Morgan fingerprint density at radius 1 is 0.910 bits per heavy atom. The van der Waals surface area contributed by atoms with Crippen molar-refractivity contribution in [1.29, 1.82) is 0 Å². The van der Waals surface area contributed by atoms with Crippen molar-refractivity contribution in [1.82, 2.24) is 40.0 Å². The molecular formula is C60H81N9O9. The van der Waals surface area contributed by atoms with Gasteiger partial charge in [0.05, 0.1) is 47.9 Å². The van der Waals surface area contributed by atoms with Gasteiger partial charge in [-0.25, -0.2) is 10.2 Å². The van der Waals surface area contributed by atoms with E-state index in [1.165, 1.54) is 27.7 Å². The quantitative estimate of drug-likeness (QED) is 0.179. The number of benzene rings is 2. The number of amides is 4. The van der Waals surface area contributed by atoms with Crippen molar-refractivity contribution in [3.05, 3.63) is 65.5 Å². The van der Waals surface area contributed by atoms with E-state index in [4.69, 9.17) is 23.9 Å². The summed E-state index contributed by atoms with van der Waals surface area (Å²) in [4.78, 5) is 85.6. The number of hydrogen-bond donors (Lipinski definition) is 2. The number of fused-ring (bicyclic) bond motifs is 8. The second-order valence-electron chi connectivity index (χ2n) is 24.7. The molecule has 6 atom stereocenters. The van der Waals surface area contributed by atoms with Gasteiger partial charge in [0.25, 0.3) is 5.91 Å². The summed E-state index contributed by atoms with van der Waals surface area (Å²) >= 11 is 0. The van der Waals surface area contributed by atoms with Gasteiger partial charge < -0.3 is 43.5 Å². The lowest BCUT2D eigenvalue weighted by atomic mass is 9.84. The van der Waals surface area contributed by atoms with Gasteiger partial charge >= 0.3 is 12.1 Å². The van der Waals surface area contributed by atoms with E-state index < -0.39 is 65.0 Å². The summed E-state index contributed by atoms with van der Waals surface area (Å²) in [5, 5.41) is 5.56. The number of nitrogens with one attached hydrogen (secondary N) is 2. The number of ether oxygens (including phenoxy) is 4. The normalized spacial score (nSPS) is 25.0. The fourth-order valence-corrected chi connectivity index (χ4v) is 12.4. The van der Waals surface area contributed by atoms with Crippen LogP contribution in [0.15, 0.2) is 48.7 Å². The maximum absolute atomic E-state index is 15.0. The van der Waals surface area contributed by atoms with Crippen LogP contribution in [0.25, 0.3) is 33.3 Å². The molecule has 4 amide bonds. The minimum atomic E-state index is -1.11. The molecule has 2 aromatic heterocycles. The average Bonchev–Trinajstić information content (AvgIpc) is 4.38. The number of likely N-dealkylation sites (tertiary alicyclic amines) is 1. The van der Waals surface area contributed by atoms with E-state index in [0.29, 0.717) is 49.7 Å². The zero-order valence-corrected chi connectivity index (χ0v) is 47.6. The molecule has 4 aromatic rings. The lowest BCUT2D eigenvalue weighted by Crippen LogP contribution is -2.67. The zero-order valence-electron chi connectivity index (χ0n) is 47.6. The van der Waals surface area contributed by atoms with Gasteiger partial charge in [0.1, 0.15) is 36.1 Å². The fourth-order valence-electron chi connectivity index (χ4n) is 12.4. The zero-order chi connectivity index (χ0) is 55.5. The third-order valence-electron chi connectivity index (χ3n) is 16.8. The molecular weight excluding hydrogens is 991 g/mol. The highest BCUT2D eigenvalue weighted by Crippen LogP contribution is 2.44. The van der Waals surface area contributed by atoms with Gasteiger partial charge in [-0.05, 0) is 125 Å². The number of hydrogen-bond acceptors (Lipinski definition) is 13. The topological polar surface area (TPSA) is 180 Å². The molecule has 10 rings (SSSR count). The number of esters is 1. The molecule has 1 saturated carbocycles. The molecule has 6 aliphatic rings. The summed E-state index contributed by atoms with van der Waals surface area (Å²) in [6.45, 7) is 22.6. The van der Waals surface area contributed by atoms with E-state index in [-0.39, 0.29) is 44.1 Å². The summed E-state index contributed by atoms with van der Waals surface area (Å²) in [7, 11) is 3.32. The Kier molecular flexibility index (Phi) is 15.4. The molecule has 78 heavy (non-hydrogen) atoms. The van der Waals surface area contributed by atoms with Crippen molar-refractivity contribution in [2.45, 2.75) is 149 Å². The van der Waals surface area contributed by atoms with Gasteiger partial charge in [-0.15, -0.1) is 0 Å². The van der Waals surface area contributed by atoms with E-state index in [1.54, 1.807) is 34.9 Å². The van der Waals surface area contributed by atoms with E-state index >= 15 is 0 Å². The number of likely N-dealkylation sites (N-methyl/N-ethyl adjacent to an activating group) is 1. The van der Waals surface area contributed by atoms with Gasteiger partial charge in [-0.1, -0.05) is 39.8 Å². The van der Waals surface area contributed by atoms with E-state index in [2.05, 4.69) is 70.1 Å². The monoisotopic (exact) mass is 1070 g/mol. The number of cyclic esters (lactones) is 1. The first-order chi connectivity index (χ1) is 37.1. The molecule has 4 fully saturated rings. The largest absolute Gasteiger partial charge is 0.491 e. The molecule has 7 heterocycles. The highest BCUT2D eigenvalue weighted by Gasteiger charge is 2.51. The van der Waals surface area contributed by atoms with Gasteiger partial charge in [0.15, 0.2) is 0 Å². The van der Waals surface area contributed by atoms with Crippen molar-refractivity contribution < 1.29 is 42.9 Å². The van der Waals surface area contributed by atoms with Crippen LogP contribution in [0.2, 0.25) is 0 Å². The molecule has 2 N–H and O–H groups in total. The first-order valence-electron chi connectivity index (χ1n) is 28.4. The Morgan fingerprint density at radius 2 is 1.67 bits per heavy atom. The molecule has 18 heteroatoms. The number of rotatable bonds is 7. The number of carbonyl (C=O) groups is 5. The van der Waals surface area contributed by atoms with Crippen LogP contribution in [-0.2, 0) is 52.8 Å². The fraction of sp³-hybridized carbons (Fsp3) is 0.600. The molecule has 3 saturated heterocycles. The van der Waals surface area contributed by atoms with Gasteiger partial charge in [0, 0.05) is 94.3 Å². The summed E-state index contributed by atoms with van der Waals surface area (Å²) in [6.07, 6.45) is 5.26. The highest BCUT2D eigenvalue weighted by atomic mass is 16.6. The standard InChI is InChI=1S/C60H81N9O9/c1-12-67-49-18-15-38-28-43(49)45(53(67)44-29-41(31-61-51(44)36(4)75-11)66-22-20-65(21-23-66)40-16-17-40)30-60(8,9)34-77-57(73)47-14-13-19-69(63-47)56(72)48-26-37-24-39(38)27-42(25-37)76-33-50-46(32-68(50)58(74)78-59(5,6)7)55(71)64(10)52(35(2)3)54(70)62-48/h15,18,24-25,27-29,31,35-36,40,46-48,50,52,63H,12-14,16-17,19-23,26,30,32-34H2,1-11H3,(H,62,70)/t36-,46-,47-,48-,50+,52-/m0/s1. The van der Waals surface area contributed by atoms with E-state index in [1.807, 2.05) is 45.2 Å². The lowest BCUT2D eigenvalue weighted by molar-refractivity contribution is -0.155. The maximum atomic E-state index is 15.0. The summed E-state index contributed by atoms with van der Waals surface area (Å²) in [5.41, 5.74) is 10.3. The van der Waals surface area contributed by atoms with Crippen LogP contribution in [0, 0.1) is 17.3 Å². The minimum absolute atomic E-state index is 0.0328. The summed E-state index contributed by atoms with van der Waals surface area (Å²) in [6, 6.07) is 11.8. The Balaban J connectivity index is 1.14. The molecule has 5 aliphatic heterocycles. The Bertz CT molecular complexity index is 2950. The van der Waals surface area contributed by atoms with Crippen LogP contribution in [0.3, 0.4) is 0 Å². The third-order valence-corrected chi connectivity index (χ3v) is 16.8. The van der Waals surface area contributed by atoms with Gasteiger partial charge in [0.2, 0.25) is 11.8 Å². The molecule has 0 radical (unpaired) electrons. The summed E-state index contributed by atoms with van der Waals surface area (Å²) < 4.78 is 27.3. The first kappa shape index (κ1) is 55.1. The van der Waals surface area contributed by atoms with Crippen molar-refractivity contribution >= 4 is 46.4 Å². The van der Waals surface area contributed by atoms with Crippen molar-refractivity contribution in [2.24, 2.45) is 17.3 Å². The maximum Gasteiger partial charge on any atom is 0.410 e. The van der Waals surface area contributed by atoms with Crippen LogP contribution in [0.1, 0.15) is 111 Å². The number of piperazine rings is 1. The minimum Gasteiger partial charge on any atom is -0.491 e. The predicted octanol–water partition coefficient (Wildman–Crippen LogP) is 7.14. The molecule has 420 valence electrons. The molecule has 2 aromatic carbocycles. The predicted molar refractivity (Wildman–Crippen MR) is 298 cm³/mol.